The molecule has 0 bridgehead atoms. The minimum atomic E-state index is 0.555. The molecule has 17 heavy (non-hydrogen) atoms. The molecule has 1 N–H and O–H groups in total. The second kappa shape index (κ2) is 5.96. The largest absolute Gasteiger partial charge is 0.491 e. The third-order valence-corrected chi connectivity index (χ3v) is 3.82. The summed E-state index contributed by atoms with van der Waals surface area (Å²) in [4.78, 5) is 0. The summed E-state index contributed by atoms with van der Waals surface area (Å²) in [7, 11) is 0. The molecule has 94 valence electrons. The van der Waals surface area contributed by atoms with Gasteiger partial charge in [0, 0.05) is 11.1 Å². The van der Waals surface area contributed by atoms with Crippen molar-refractivity contribution in [3.63, 3.8) is 0 Å². The Kier molecular flexibility index (Phi) is 4.57. The quantitative estimate of drug-likeness (QED) is 0.856. The van der Waals surface area contributed by atoms with E-state index in [4.69, 9.17) is 16.3 Å². The van der Waals surface area contributed by atoms with Crippen LogP contribution in [0, 0.1) is 0 Å². The highest BCUT2D eigenvalue weighted by atomic mass is 79.9. The van der Waals surface area contributed by atoms with Gasteiger partial charge in [-0.3, -0.25) is 0 Å². The first kappa shape index (κ1) is 13.0. The fourth-order valence-corrected chi connectivity index (χ4v) is 3.17. The zero-order chi connectivity index (χ0) is 12.3. The summed E-state index contributed by atoms with van der Waals surface area (Å²) >= 11 is 9.58. The van der Waals surface area contributed by atoms with Crippen LogP contribution in [-0.4, -0.2) is 12.6 Å². The Morgan fingerprint density at radius 2 is 2.12 bits per heavy atom. The molecule has 1 aromatic carbocycles. The van der Waals surface area contributed by atoms with E-state index in [-0.39, 0.29) is 0 Å². The fraction of sp³-hybridized carbons (Fsp3) is 0.538. The molecule has 2 nitrogen and oxygen atoms in total. The molecule has 0 spiro atoms. The molecule has 1 aliphatic rings. The minimum Gasteiger partial charge on any atom is -0.491 e. The Hall–Kier alpha value is -0.410. The Labute approximate surface area is 116 Å². The van der Waals surface area contributed by atoms with Gasteiger partial charge in [-0.2, -0.15) is 0 Å². The van der Waals surface area contributed by atoms with E-state index >= 15 is 0 Å². The van der Waals surface area contributed by atoms with E-state index < -0.39 is 0 Å². The smallest absolute Gasteiger partial charge is 0.156 e. The summed E-state index contributed by atoms with van der Waals surface area (Å²) in [5.41, 5.74) is 0.998. The van der Waals surface area contributed by atoms with Gasteiger partial charge in [0.1, 0.15) is 0 Å². The summed E-state index contributed by atoms with van der Waals surface area (Å²) in [5.74, 6) is 0.865. The van der Waals surface area contributed by atoms with Crippen LogP contribution in [0.2, 0.25) is 5.02 Å². The van der Waals surface area contributed by atoms with Crippen molar-refractivity contribution in [3.8, 4) is 5.75 Å². The molecule has 1 aromatic rings. The van der Waals surface area contributed by atoms with E-state index in [1.54, 1.807) is 0 Å². The summed E-state index contributed by atoms with van der Waals surface area (Å²) in [6.45, 7) is 2.64. The van der Waals surface area contributed by atoms with Gasteiger partial charge in [0.2, 0.25) is 0 Å². The molecular formula is C13H17BrClNO. The molecule has 0 atom stereocenters. The SMILES string of the molecule is CCOc1c(Br)cc(Cl)cc1NC1CCCC1. The van der Waals surface area contributed by atoms with E-state index in [9.17, 15) is 0 Å². The van der Waals surface area contributed by atoms with Crippen LogP contribution in [0.4, 0.5) is 5.69 Å². The first-order chi connectivity index (χ1) is 8.20. The van der Waals surface area contributed by atoms with Crippen LogP contribution in [0.1, 0.15) is 32.6 Å². The number of nitrogens with one attached hydrogen (secondary N) is 1. The van der Waals surface area contributed by atoms with Gasteiger partial charge in [-0.25, -0.2) is 0 Å². The Morgan fingerprint density at radius 1 is 1.41 bits per heavy atom. The maximum atomic E-state index is 6.08. The first-order valence-corrected chi connectivity index (χ1v) is 7.26. The second-order valence-corrected chi connectivity index (χ2v) is 5.61. The predicted octanol–water partition coefficient (Wildman–Crippen LogP) is 4.86. The van der Waals surface area contributed by atoms with Crippen molar-refractivity contribution >= 4 is 33.2 Å². The summed E-state index contributed by atoms with van der Waals surface area (Å²) in [6.07, 6.45) is 5.08. The number of hydrogen-bond acceptors (Lipinski definition) is 2. The summed E-state index contributed by atoms with van der Waals surface area (Å²) in [5, 5.41) is 4.26. The number of halogens is 2. The Morgan fingerprint density at radius 3 is 2.76 bits per heavy atom. The van der Waals surface area contributed by atoms with Crippen molar-refractivity contribution in [2.24, 2.45) is 0 Å². The van der Waals surface area contributed by atoms with Gasteiger partial charge in [0.15, 0.2) is 5.75 Å². The van der Waals surface area contributed by atoms with E-state index in [0.717, 1.165) is 20.9 Å². The van der Waals surface area contributed by atoms with Gasteiger partial charge >= 0.3 is 0 Å². The lowest BCUT2D eigenvalue weighted by molar-refractivity contribution is 0.339. The molecule has 0 saturated heterocycles. The highest BCUT2D eigenvalue weighted by Crippen LogP contribution is 2.38. The maximum absolute atomic E-state index is 6.08. The normalized spacial score (nSPS) is 16.2. The van der Waals surface area contributed by atoms with Gasteiger partial charge in [0.25, 0.3) is 0 Å². The zero-order valence-corrected chi connectivity index (χ0v) is 12.3. The standard InChI is InChI=1S/C13H17BrClNO/c1-2-17-13-11(14)7-9(15)8-12(13)16-10-5-3-4-6-10/h7-8,10,16H,2-6H2,1H3. The van der Waals surface area contributed by atoms with E-state index in [0.29, 0.717) is 12.6 Å². The molecule has 0 aromatic heterocycles. The van der Waals surface area contributed by atoms with Gasteiger partial charge in [-0.05, 0) is 47.8 Å². The van der Waals surface area contributed by atoms with Crippen molar-refractivity contribution in [3.05, 3.63) is 21.6 Å². The first-order valence-electron chi connectivity index (χ1n) is 6.09. The third kappa shape index (κ3) is 3.29. The van der Waals surface area contributed by atoms with Crippen LogP contribution in [0.15, 0.2) is 16.6 Å². The van der Waals surface area contributed by atoms with Crippen molar-refractivity contribution in [1.82, 2.24) is 0 Å². The minimum absolute atomic E-state index is 0.555. The number of rotatable bonds is 4. The lowest BCUT2D eigenvalue weighted by atomic mass is 10.2. The molecule has 0 amide bonds. The third-order valence-electron chi connectivity index (χ3n) is 3.01. The monoisotopic (exact) mass is 317 g/mol. The van der Waals surface area contributed by atoms with Crippen LogP contribution in [0.25, 0.3) is 0 Å². The molecule has 0 unspecified atom stereocenters. The van der Waals surface area contributed by atoms with Gasteiger partial charge in [-0.1, -0.05) is 24.4 Å². The maximum Gasteiger partial charge on any atom is 0.156 e. The topological polar surface area (TPSA) is 21.3 Å². The lowest BCUT2D eigenvalue weighted by Crippen LogP contribution is -2.15. The number of hydrogen-bond donors (Lipinski definition) is 1. The molecule has 0 aliphatic heterocycles. The van der Waals surface area contributed by atoms with Gasteiger partial charge in [0.05, 0.1) is 16.8 Å². The zero-order valence-electron chi connectivity index (χ0n) is 9.93. The number of benzene rings is 1. The highest BCUT2D eigenvalue weighted by molar-refractivity contribution is 9.10. The van der Waals surface area contributed by atoms with Crippen molar-refractivity contribution in [2.45, 2.75) is 38.6 Å². The van der Waals surface area contributed by atoms with E-state index in [1.165, 1.54) is 25.7 Å². The van der Waals surface area contributed by atoms with Crippen LogP contribution < -0.4 is 10.1 Å². The average molecular weight is 319 g/mol. The Bertz CT molecular complexity index is 391. The summed E-state index contributed by atoms with van der Waals surface area (Å²) < 4.78 is 6.57. The molecule has 0 radical (unpaired) electrons. The predicted molar refractivity (Wildman–Crippen MR) is 76.2 cm³/mol. The molecule has 2 rings (SSSR count). The molecule has 4 heteroatoms. The van der Waals surface area contributed by atoms with Crippen LogP contribution in [0.5, 0.6) is 5.75 Å². The summed E-state index contributed by atoms with van der Waals surface area (Å²) in [6, 6.07) is 4.36. The van der Waals surface area contributed by atoms with E-state index in [2.05, 4.69) is 21.2 Å². The molecular weight excluding hydrogens is 302 g/mol. The number of anilines is 1. The molecule has 1 fully saturated rings. The van der Waals surface area contributed by atoms with Crippen LogP contribution >= 0.6 is 27.5 Å². The molecule has 1 saturated carbocycles. The van der Waals surface area contributed by atoms with Crippen molar-refractivity contribution in [1.29, 1.82) is 0 Å². The number of ether oxygens (including phenoxy) is 1. The van der Waals surface area contributed by atoms with Gasteiger partial charge < -0.3 is 10.1 Å². The van der Waals surface area contributed by atoms with Crippen LogP contribution in [0.3, 0.4) is 0 Å². The fourth-order valence-electron chi connectivity index (χ4n) is 2.25. The van der Waals surface area contributed by atoms with E-state index in [1.807, 2.05) is 19.1 Å². The molecule has 0 heterocycles. The van der Waals surface area contributed by atoms with Crippen molar-refractivity contribution < 1.29 is 4.74 Å². The Balaban J connectivity index is 2.22. The molecule has 1 aliphatic carbocycles. The highest BCUT2D eigenvalue weighted by Gasteiger charge is 2.18. The van der Waals surface area contributed by atoms with Crippen molar-refractivity contribution in [2.75, 3.05) is 11.9 Å². The average Bonchev–Trinajstić information content (AvgIpc) is 2.76. The van der Waals surface area contributed by atoms with Gasteiger partial charge in [-0.15, -0.1) is 0 Å². The second-order valence-electron chi connectivity index (χ2n) is 4.32. The van der Waals surface area contributed by atoms with Crippen LogP contribution in [-0.2, 0) is 0 Å². The lowest BCUT2D eigenvalue weighted by Gasteiger charge is -2.18.